The molecule has 2 N–H and O–H groups in total. The highest BCUT2D eigenvalue weighted by atomic mass is 19.1. The molecule has 0 bridgehead atoms. The SMILES string of the molecule is C=C(/C(F)=C\C(=C)C(C)(C)C)/C(N)=N\C=C/C. The van der Waals surface area contributed by atoms with Gasteiger partial charge in [-0.2, -0.15) is 0 Å². The zero-order valence-electron chi connectivity index (χ0n) is 11.0. The first-order chi connectivity index (χ1) is 7.70. The molecule has 0 atom stereocenters. The number of allylic oxidation sites excluding steroid dienone is 3. The molecular weight excluding hydrogens is 215 g/mol. The van der Waals surface area contributed by atoms with Gasteiger partial charge in [0, 0.05) is 11.8 Å². The maximum absolute atomic E-state index is 13.8. The number of aliphatic imine (C=N–C) groups is 1. The van der Waals surface area contributed by atoms with E-state index in [0.29, 0.717) is 5.57 Å². The van der Waals surface area contributed by atoms with E-state index in [2.05, 4.69) is 18.2 Å². The van der Waals surface area contributed by atoms with E-state index in [0.717, 1.165) is 0 Å². The fourth-order valence-corrected chi connectivity index (χ4v) is 0.812. The standard InChI is InChI=1S/C14H21FN2/c1-7-8-17-13(16)11(3)12(15)9-10(2)14(4,5)6/h7-9H,2-3H2,1,4-6H3,(H2,16,17)/b8-7-,12-9+. The van der Waals surface area contributed by atoms with E-state index >= 15 is 0 Å². The molecule has 0 saturated heterocycles. The Kier molecular flexibility index (Phi) is 5.59. The number of nitrogens with two attached hydrogens (primary N) is 1. The summed E-state index contributed by atoms with van der Waals surface area (Å²) in [5, 5.41) is 0. The van der Waals surface area contributed by atoms with Crippen molar-refractivity contribution in [1.82, 2.24) is 0 Å². The molecule has 0 aromatic carbocycles. The molecule has 0 fully saturated rings. The molecule has 0 rings (SSSR count). The highest BCUT2D eigenvalue weighted by Gasteiger charge is 2.15. The molecule has 0 unspecified atom stereocenters. The monoisotopic (exact) mass is 236 g/mol. The molecule has 0 aliphatic heterocycles. The summed E-state index contributed by atoms with van der Waals surface area (Å²) in [4.78, 5) is 3.84. The van der Waals surface area contributed by atoms with Crippen LogP contribution in [-0.2, 0) is 0 Å². The molecule has 0 heterocycles. The topological polar surface area (TPSA) is 38.4 Å². The van der Waals surface area contributed by atoms with Gasteiger partial charge in [0.05, 0.1) is 0 Å². The molecule has 0 aromatic rings. The average Bonchev–Trinajstić information content (AvgIpc) is 2.23. The zero-order chi connectivity index (χ0) is 13.6. The second-order valence-electron chi connectivity index (χ2n) is 4.74. The summed E-state index contributed by atoms with van der Waals surface area (Å²) < 4.78 is 13.8. The predicted octanol–water partition coefficient (Wildman–Crippen LogP) is 3.89. The number of nitrogens with zero attached hydrogens (tertiary/aromatic N) is 1. The number of hydrogen-bond donors (Lipinski definition) is 1. The van der Waals surface area contributed by atoms with E-state index in [1.807, 2.05) is 20.8 Å². The van der Waals surface area contributed by atoms with E-state index in [9.17, 15) is 4.39 Å². The van der Waals surface area contributed by atoms with Crippen LogP contribution in [0.5, 0.6) is 0 Å². The van der Waals surface area contributed by atoms with Gasteiger partial charge in [-0.05, 0) is 24.0 Å². The second-order valence-corrected chi connectivity index (χ2v) is 4.74. The van der Waals surface area contributed by atoms with Crippen molar-refractivity contribution in [3.05, 3.63) is 48.5 Å². The van der Waals surface area contributed by atoms with Crippen LogP contribution in [0.1, 0.15) is 27.7 Å². The van der Waals surface area contributed by atoms with Gasteiger partial charge in [0.1, 0.15) is 11.7 Å². The lowest BCUT2D eigenvalue weighted by Gasteiger charge is -2.19. The molecule has 94 valence electrons. The number of amidine groups is 1. The van der Waals surface area contributed by atoms with Crippen LogP contribution in [-0.4, -0.2) is 5.84 Å². The predicted molar refractivity (Wildman–Crippen MR) is 73.4 cm³/mol. The van der Waals surface area contributed by atoms with E-state index in [1.54, 1.807) is 13.0 Å². The highest BCUT2D eigenvalue weighted by molar-refractivity contribution is 6.00. The van der Waals surface area contributed by atoms with Gasteiger partial charge in [-0.25, -0.2) is 9.38 Å². The first kappa shape index (κ1) is 15.4. The normalized spacial score (nSPS) is 14.2. The Labute approximate surface area is 103 Å². The zero-order valence-corrected chi connectivity index (χ0v) is 11.0. The van der Waals surface area contributed by atoms with Crippen LogP contribution in [0.2, 0.25) is 0 Å². The third kappa shape index (κ3) is 5.29. The van der Waals surface area contributed by atoms with Gasteiger partial charge >= 0.3 is 0 Å². The Morgan fingerprint density at radius 1 is 1.29 bits per heavy atom. The quantitative estimate of drug-likeness (QED) is 0.449. The summed E-state index contributed by atoms with van der Waals surface area (Å²) in [6.45, 7) is 15.1. The first-order valence-corrected chi connectivity index (χ1v) is 5.40. The van der Waals surface area contributed by atoms with Crippen LogP contribution in [0.15, 0.2) is 53.5 Å². The Bertz CT molecular complexity index is 393. The third-order valence-corrected chi connectivity index (χ3v) is 2.22. The molecule has 0 spiro atoms. The van der Waals surface area contributed by atoms with Crippen molar-refractivity contribution in [2.24, 2.45) is 16.1 Å². The summed E-state index contributed by atoms with van der Waals surface area (Å²) >= 11 is 0. The molecule has 0 radical (unpaired) electrons. The highest BCUT2D eigenvalue weighted by Crippen LogP contribution is 2.26. The lowest BCUT2D eigenvalue weighted by atomic mass is 9.87. The van der Waals surface area contributed by atoms with Crippen LogP contribution < -0.4 is 5.73 Å². The molecule has 0 aliphatic carbocycles. The molecule has 17 heavy (non-hydrogen) atoms. The molecule has 2 nitrogen and oxygen atoms in total. The lowest BCUT2D eigenvalue weighted by molar-refractivity contribution is 0.514. The Balaban J connectivity index is 4.95. The van der Waals surface area contributed by atoms with Crippen LogP contribution in [0.4, 0.5) is 4.39 Å². The maximum atomic E-state index is 13.8. The van der Waals surface area contributed by atoms with E-state index in [4.69, 9.17) is 5.73 Å². The van der Waals surface area contributed by atoms with E-state index in [-0.39, 0.29) is 16.8 Å². The smallest absolute Gasteiger partial charge is 0.133 e. The van der Waals surface area contributed by atoms with Crippen LogP contribution >= 0.6 is 0 Å². The fourth-order valence-electron chi connectivity index (χ4n) is 0.812. The van der Waals surface area contributed by atoms with Crippen molar-refractivity contribution in [1.29, 1.82) is 0 Å². The Hall–Kier alpha value is -1.64. The summed E-state index contributed by atoms with van der Waals surface area (Å²) in [6, 6.07) is 0. The summed E-state index contributed by atoms with van der Waals surface area (Å²) in [7, 11) is 0. The van der Waals surface area contributed by atoms with Gasteiger partial charge in [0.15, 0.2) is 0 Å². The largest absolute Gasteiger partial charge is 0.383 e. The van der Waals surface area contributed by atoms with Crippen molar-refractivity contribution in [2.45, 2.75) is 27.7 Å². The fraction of sp³-hybridized carbons (Fsp3) is 0.357. The van der Waals surface area contributed by atoms with Gasteiger partial charge in [-0.3, -0.25) is 0 Å². The molecule has 0 aliphatic rings. The number of halogens is 1. The minimum atomic E-state index is -0.504. The number of rotatable bonds is 4. The third-order valence-electron chi connectivity index (χ3n) is 2.22. The molecule has 0 amide bonds. The Morgan fingerprint density at radius 2 is 1.82 bits per heavy atom. The van der Waals surface area contributed by atoms with E-state index < -0.39 is 5.83 Å². The van der Waals surface area contributed by atoms with Crippen LogP contribution in [0.3, 0.4) is 0 Å². The summed E-state index contributed by atoms with van der Waals surface area (Å²) in [5.41, 5.74) is 6.14. The first-order valence-electron chi connectivity index (χ1n) is 5.40. The molecule has 3 heteroatoms. The molecule has 0 aromatic heterocycles. The van der Waals surface area contributed by atoms with Crippen LogP contribution in [0.25, 0.3) is 0 Å². The molecular formula is C14H21FN2. The maximum Gasteiger partial charge on any atom is 0.133 e. The molecule has 0 saturated carbocycles. The van der Waals surface area contributed by atoms with Crippen molar-refractivity contribution in [2.75, 3.05) is 0 Å². The van der Waals surface area contributed by atoms with Crippen molar-refractivity contribution < 1.29 is 4.39 Å². The van der Waals surface area contributed by atoms with E-state index in [1.165, 1.54) is 12.3 Å². The second kappa shape index (κ2) is 6.18. The lowest BCUT2D eigenvalue weighted by Crippen LogP contribution is -2.15. The van der Waals surface area contributed by atoms with Gasteiger partial charge in [0.25, 0.3) is 0 Å². The van der Waals surface area contributed by atoms with Gasteiger partial charge in [0.2, 0.25) is 0 Å². The van der Waals surface area contributed by atoms with Crippen molar-refractivity contribution in [3.63, 3.8) is 0 Å². The van der Waals surface area contributed by atoms with Crippen molar-refractivity contribution >= 4 is 5.84 Å². The minimum absolute atomic E-state index is 0.0681. The summed E-state index contributed by atoms with van der Waals surface area (Å²) in [5.74, 6) is -0.436. The Morgan fingerprint density at radius 3 is 2.24 bits per heavy atom. The van der Waals surface area contributed by atoms with Crippen LogP contribution in [0, 0.1) is 5.41 Å². The van der Waals surface area contributed by atoms with Crippen molar-refractivity contribution in [3.8, 4) is 0 Å². The minimum Gasteiger partial charge on any atom is -0.383 e. The average molecular weight is 236 g/mol. The summed E-state index contributed by atoms with van der Waals surface area (Å²) in [6.07, 6.45) is 4.54. The van der Waals surface area contributed by atoms with Gasteiger partial charge in [-0.1, -0.05) is 40.0 Å². The van der Waals surface area contributed by atoms with Gasteiger partial charge < -0.3 is 5.73 Å². The van der Waals surface area contributed by atoms with Gasteiger partial charge in [-0.15, -0.1) is 0 Å². The number of hydrogen-bond acceptors (Lipinski definition) is 1.